The van der Waals surface area contributed by atoms with Gasteiger partial charge in [-0.1, -0.05) is 0 Å². The molecule has 0 saturated carbocycles. The van der Waals surface area contributed by atoms with Gasteiger partial charge in [0.1, 0.15) is 0 Å². The molecule has 0 aromatic rings. The third-order valence-corrected chi connectivity index (χ3v) is 2.57. The van der Waals surface area contributed by atoms with Crippen LogP contribution in [0.15, 0.2) is 0 Å². The van der Waals surface area contributed by atoms with Crippen molar-refractivity contribution in [3.63, 3.8) is 0 Å². The maximum Gasteiger partial charge on any atom is 0.234 e. The third-order valence-electron chi connectivity index (χ3n) is 2.57. The van der Waals surface area contributed by atoms with Crippen LogP contribution in [0.25, 0.3) is 0 Å². The highest BCUT2D eigenvalue weighted by Gasteiger charge is 2.14. The van der Waals surface area contributed by atoms with Crippen molar-refractivity contribution in [1.82, 2.24) is 10.6 Å². The van der Waals surface area contributed by atoms with Gasteiger partial charge < -0.3 is 20.1 Å². The quantitative estimate of drug-likeness (QED) is 0.652. The minimum Gasteiger partial charge on any atom is -0.383 e. The molecule has 1 heterocycles. The molecule has 5 nitrogen and oxygen atoms in total. The lowest BCUT2D eigenvalue weighted by atomic mass is 10.1. The number of rotatable bonds is 7. The highest BCUT2D eigenvalue weighted by atomic mass is 35.5. The van der Waals surface area contributed by atoms with Crippen LogP contribution in [-0.2, 0) is 14.3 Å². The van der Waals surface area contributed by atoms with Gasteiger partial charge in [-0.15, -0.1) is 12.4 Å². The molecule has 1 fully saturated rings. The van der Waals surface area contributed by atoms with Gasteiger partial charge in [-0.3, -0.25) is 4.79 Å². The lowest BCUT2D eigenvalue weighted by molar-refractivity contribution is -0.121. The Morgan fingerprint density at radius 3 is 2.94 bits per heavy atom. The molecule has 1 atom stereocenters. The predicted octanol–water partition coefficient (Wildman–Crippen LogP) is 0.330. The second kappa shape index (κ2) is 10.8. The standard InChI is InChI=1S/C11H22N2O3.ClH/c1-15-7-5-12-9-11(14)13-8-10-4-2-3-6-16-10;/h10,12H,2-9H2,1H3,(H,13,14);1H. The smallest absolute Gasteiger partial charge is 0.234 e. The minimum absolute atomic E-state index is 0. The van der Waals surface area contributed by atoms with Crippen LogP contribution in [0.1, 0.15) is 19.3 Å². The van der Waals surface area contributed by atoms with Gasteiger partial charge in [-0.05, 0) is 19.3 Å². The van der Waals surface area contributed by atoms with E-state index in [9.17, 15) is 4.79 Å². The number of carbonyl (C=O) groups excluding carboxylic acids is 1. The summed E-state index contributed by atoms with van der Waals surface area (Å²) in [5, 5.41) is 5.86. The highest BCUT2D eigenvalue weighted by Crippen LogP contribution is 2.11. The van der Waals surface area contributed by atoms with E-state index < -0.39 is 0 Å². The first kappa shape index (κ1) is 16.6. The Morgan fingerprint density at radius 1 is 1.47 bits per heavy atom. The summed E-state index contributed by atoms with van der Waals surface area (Å²) in [6.45, 7) is 3.12. The largest absolute Gasteiger partial charge is 0.383 e. The Balaban J connectivity index is 0.00000256. The zero-order valence-corrected chi connectivity index (χ0v) is 11.2. The van der Waals surface area contributed by atoms with Crippen molar-refractivity contribution >= 4 is 18.3 Å². The van der Waals surface area contributed by atoms with Gasteiger partial charge in [-0.2, -0.15) is 0 Å². The van der Waals surface area contributed by atoms with Gasteiger partial charge in [-0.25, -0.2) is 0 Å². The Kier molecular flexibility index (Phi) is 10.5. The zero-order valence-electron chi connectivity index (χ0n) is 10.4. The summed E-state index contributed by atoms with van der Waals surface area (Å²) in [7, 11) is 1.64. The molecule has 0 aromatic carbocycles. The molecule has 1 aliphatic heterocycles. The first-order valence-electron chi connectivity index (χ1n) is 5.91. The van der Waals surface area contributed by atoms with E-state index in [-0.39, 0.29) is 24.4 Å². The van der Waals surface area contributed by atoms with Crippen LogP contribution < -0.4 is 10.6 Å². The molecule has 102 valence electrons. The van der Waals surface area contributed by atoms with E-state index in [1.54, 1.807) is 7.11 Å². The first-order chi connectivity index (χ1) is 7.83. The maximum atomic E-state index is 11.4. The molecule has 17 heavy (non-hydrogen) atoms. The molecule has 6 heteroatoms. The summed E-state index contributed by atoms with van der Waals surface area (Å²) < 4.78 is 10.4. The summed E-state index contributed by atoms with van der Waals surface area (Å²) in [5.41, 5.74) is 0. The number of hydrogen-bond donors (Lipinski definition) is 2. The molecule has 2 N–H and O–H groups in total. The van der Waals surface area contributed by atoms with Gasteiger partial charge in [0.2, 0.25) is 5.91 Å². The Hall–Kier alpha value is -0.360. The fourth-order valence-electron chi connectivity index (χ4n) is 1.63. The van der Waals surface area contributed by atoms with E-state index >= 15 is 0 Å². The highest BCUT2D eigenvalue weighted by molar-refractivity contribution is 5.85. The van der Waals surface area contributed by atoms with Crippen molar-refractivity contribution in [3.8, 4) is 0 Å². The van der Waals surface area contributed by atoms with Crippen LogP contribution in [-0.4, -0.2) is 52.0 Å². The summed E-state index contributed by atoms with van der Waals surface area (Å²) in [5.74, 6) is 0.0188. The molecule has 0 aromatic heterocycles. The molecular weight excluding hydrogens is 244 g/mol. The summed E-state index contributed by atoms with van der Waals surface area (Å²) >= 11 is 0. The van der Waals surface area contributed by atoms with Crippen LogP contribution >= 0.6 is 12.4 Å². The van der Waals surface area contributed by atoms with E-state index in [1.807, 2.05) is 0 Å². The maximum absolute atomic E-state index is 11.4. The zero-order chi connectivity index (χ0) is 11.6. The van der Waals surface area contributed by atoms with E-state index in [0.29, 0.717) is 26.2 Å². The number of halogens is 1. The molecule has 0 spiro atoms. The normalized spacial score (nSPS) is 19.5. The molecular formula is C11H23ClN2O3. The van der Waals surface area contributed by atoms with Gasteiger partial charge in [0.25, 0.3) is 0 Å². The lowest BCUT2D eigenvalue weighted by Crippen LogP contribution is -2.40. The summed E-state index contributed by atoms with van der Waals surface area (Å²) in [4.78, 5) is 11.4. The minimum atomic E-state index is 0. The summed E-state index contributed by atoms with van der Waals surface area (Å²) in [6, 6.07) is 0. The second-order valence-corrected chi connectivity index (χ2v) is 3.96. The van der Waals surface area contributed by atoms with Crippen LogP contribution in [0.3, 0.4) is 0 Å². The molecule has 1 rings (SSSR count). The topological polar surface area (TPSA) is 59.6 Å². The van der Waals surface area contributed by atoms with Crippen LogP contribution in [0.2, 0.25) is 0 Å². The lowest BCUT2D eigenvalue weighted by Gasteiger charge is -2.22. The predicted molar refractivity (Wildman–Crippen MR) is 68.6 cm³/mol. The Bertz CT molecular complexity index is 199. The summed E-state index contributed by atoms with van der Waals surface area (Å²) in [6.07, 6.45) is 3.60. The Morgan fingerprint density at radius 2 is 2.29 bits per heavy atom. The molecule has 1 aliphatic rings. The fraction of sp³-hybridized carbons (Fsp3) is 0.909. The van der Waals surface area contributed by atoms with Crippen molar-refractivity contribution in [1.29, 1.82) is 0 Å². The van der Waals surface area contributed by atoms with Crippen LogP contribution in [0.4, 0.5) is 0 Å². The van der Waals surface area contributed by atoms with Crippen molar-refractivity contribution in [2.24, 2.45) is 0 Å². The molecule has 0 aliphatic carbocycles. The van der Waals surface area contributed by atoms with Gasteiger partial charge >= 0.3 is 0 Å². The van der Waals surface area contributed by atoms with E-state index in [0.717, 1.165) is 19.4 Å². The second-order valence-electron chi connectivity index (χ2n) is 3.96. The number of carbonyl (C=O) groups is 1. The van der Waals surface area contributed by atoms with Crippen LogP contribution in [0.5, 0.6) is 0 Å². The molecule has 1 amide bonds. The fourth-order valence-corrected chi connectivity index (χ4v) is 1.63. The first-order valence-corrected chi connectivity index (χ1v) is 5.91. The number of nitrogens with one attached hydrogen (secondary N) is 2. The third kappa shape index (κ3) is 8.37. The van der Waals surface area contributed by atoms with Gasteiger partial charge in [0.05, 0.1) is 19.3 Å². The van der Waals surface area contributed by atoms with Gasteiger partial charge in [0, 0.05) is 26.8 Å². The van der Waals surface area contributed by atoms with Crippen molar-refractivity contribution in [2.75, 3.05) is 40.0 Å². The van der Waals surface area contributed by atoms with Gasteiger partial charge in [0.15, 0.2) is 0 Å². The van der Waals surface area contributed by atoms with E-state index in [2.05, 4.69) is 10.6 Å². The Labute approximate surface area is 109 Å². The number of amides is 1. The van der Waals surface area contributed by atoms with E-state index in [1.165, 1.54) is 6.42 Å². The van der Waals surface area contributed by atoms with Crippen molar-refractivity contribution in [3.05, 3.63) is 0 Å². The average molecular weight is 267 g/mol. The van der Waals surface area contributed by atoms with Crippen LogP contribution in [0, 0.1) is 0 Å². The monoisotopic (exact) mass is 266 g/mol. The number of ether oxygens (including phenoxy) is 2. The SMILES string of the molecule is COCCNCC(=O)NCC1CCCCO1.Cl. The molecule has 1 unspecified atom stereocenters. The number of methoxy groups -OCH3 is 1. The number of hydrogen-bond acceptors (Lipinski definition) is 4. The average Bonchev–Trinajstić information content (AvgIpc) is 2.33. The van der Waals surface area contributed by atoms with Crippen molar-refractivity contribution < 1.29 is 14.3 Å². The molecule has 0 bridgehead atoms. The van der Waals surface area contributed by atoms with E-state index in [4.69, 9.17) is 9.47 Å². The molecule has 1 saturated heterocycles. The molecule has 0 radical (unpaired) electrons. The van der Waals surface area contributed by atoms with Crippen molar-refractivity contribution in [2.45, 2.75) is 25.4 Å².